The van der Waals surface area contributed by atoms with Crippen molar-refractivity contribution in [3.63, 3.8) is 0 Å². The first-order valence-corrected chi connectivity index (χ1v) is 6.46. The van der Waals surface area contributed by atoms with Gasteiger partial charge in [0.1, 0.15) is 0 Å². The lowest BCUT2D eigenvalue weighted by molar-refractivity contribution is 0.152. The average Bonchev–Trinajstić information content (AvgIpc) is 2.69. The molecule has 2 fully saturated rings. The summed E-state index contributed by atoms with van der Waals surface area (Å²) in [5.41, 5.74) is 0.361. The minimum absolute atomic E-state index is 0.361. The van der Waals surface area contributed by atoms with Crippen molar-refractivity contribution < 1.29 is 0 Å². The maximum Gasteiger partial charge on any atom is 0.0235 e. The summed E-state index contributed by atoms with van der Waals surface area (Å²) in [6, 6.07) is 0.842. The summed E-state index contributed by atoms with van der Waals surface area (Å²) < 4.78 is 0. The Morgan fingerprint density at radius 3 is 2.20 bits per heavy atom. The van der Waals surface area contributed by atoms with E-state index in [0.29, 0.717) is 5.54 Å². The van der Waals surface area contributed by atoms with E-state index in [1.54, 1.807) is 0 Å². The van der Waals surface area contributed by atoms with E-state index >= 15 is 0 Å². The fourth-order valence-electron chi connectivity index (χ4n) is 2.95. The summed E-state index contributed by atoms with van der Waals surface area (Å²) in [6.07, 6.45) is 2.79. The molecule has 15 heavy (non-hydrogen) atoms. The van der Waals surface area contributed by atoms with Gasteiger partial charge in [-0.3, -0.25) is 9.80 Å². The van der Waals surface area contributed by atoms with Gasteiger partial charge in [-0.1, -0.05) is 6.92 Å². The summed E-state index contributed by atoms with van der Waals surface area (Å²) in [5, 5.41) is 0. The second kappa shape index (κ2) is 4.06. The second-order valence-electron chi connectivity index (χ2n) is 6.45. The minimum Gasteiger partial charge on any atom is -0.299 e. The number of likely N-dealkylation sites (tertiary alicyclic amines) is 2. The molecule has 0 aromatic heterocycles. The van der Waals surface area contributed by atoms with Gasteiger partial charge in [0.2, 0.25) is 0 Å². The Bertz CT molecular complexity index is 219. The van der Waals surface area contributed by atoms with Gasteiger partial charge in [-0.15, -0.1) is 0 Å². The molecule has 0 aliphatic carbocycles. The van der Waals surface area contributed by atoms with Crippen LogP contribution in [0.1, 0.15) is 40.5 Å². The van der Waals surface area contributed by atoms with E-state index in [1.165, 1.54) is 39.0 Å². The lowest BCUT2D eigenvalue weighted by Gasteiger charge is -2.32. The molecule has 2 heterocycles. The average molecular weight is 210 g/mol. The standard InChI is InChI=1S/C13H26N2/c1-11-5-7-14(9-11)12-6-8-15(10-12)13(2,3)4/h11-12H,5-10H2,1-4H3/t11-,12-/m0/s1. The van der Waals surface area contributed by atoms with Crippen molar-refractivity contribution in [2.45, 2.75) is 52.1 Å². The van der Waals surface area contributed by atoms with Crippen LogP contribution < -0.4 is 0 Å². The van der Waals surface area contributed by atoms with Gasteiger partial charge < -0.3 is 0 Å². The zero-order chi connectivity index (χ0) is 11.1. The second-order valence-corrected chi connectivity index (χ2v) is 6.45. The third kappa shape index (κ3) is 2.54. The highest BCUT2D eigenvalue weighted by Gasteiger charge is 2.35. The van der Waals surface area contributed by atoms with Crippen molar-refractivity contribution in [1.29, 1.82) is 0 Å². The van der Waals surface area contributed by atoms with Crippen molar-refractivity contribution >= 4 is 0 Å². The summed E-state index contributed by atoms with van der Waals surface area (Å²) in [7, 11) is 0. The highest BCUT2D eigenvalue weighted by atomic mass is 15.3. The lowest BCUT2D eigenvalue weighted by Crippen LogP contribution is -2.42. The van der Waals surface area contributed by atoms with Crippen molar-refractivity contribution in [3.05, 3.63) is 0 Å². The smallest absolute Gasteiger partial charge is 0.0235 e. The van der Waals surface area contributed by atoms with E-state index in [1.807, 2.05) is 0 Å². The molecule has 0 bridgehead atoms. The van der Waals surface area contributed by atoms with Crippen LogP contribution in [0, 0.1) is 5.92 Å². The fraction of sp³-hybridized carbons (Fsp3) is 1.00. The molecule has 2 rings (SSSR count). The van der Waals surface area contributed by atoms with Crippen molar-refractivity contribution in [3.8, 4) is 0 Å². The first kappa shape index (κ1) is 11.4. The molecule has 0 N–H and O–H groups in total. The number of nitrogens with zero attached hydrogens (tertiary/aromatic N) is 2. The molecule has 0 aromatic rings. The largest absolute Gasteiger partial charge is 0.299 e. The third-order valence-corrected chi connectivity index (χ3v) is 4.08. The van der Waals surface area contributed by atoms with Crippen LogP contribution in [0.3, 0.4) is 0 Å². The summed E-state index contributed by atoms with van der Waals surface area (Å²) >= 11 is 0. The Morgan fingerprint density at radius 1 is 1.00 bits per heavy atom. The summed E-state index contributed by atoms with van der Waals surface area (Å²) in [4.78, 5) is 5.36. The first-order valence-electron chi connectivity index (χ1n) is 6.46. The normalized spacial score (nSPS) is 35.2. The summed E-state index contributed by atoms with van der Waals surface area (Å²) in [6.45, 7) is 14.6. The van der Waals surface area contributed by atoms with E-state index in [2.05, 4.69) is 37.5 Å². The van der Waals surface area contributed by atoms with Gasteiger partial charge in [0.15, 0.2) is 0 Å². The predicted molar refractivity (Wildman–Crippen MR) is 65.1 cm³/mol. The van der Waals surface area contributed by atoms with E-state index in [0.717, 1.165) is 12.0 Å². The van der Waals surface area contributed by atoms with Crippen LogP contribution in [0.15, 0.2) is 0 Å². The Kier molecular flexibility index (Phi) is 3.09. The van der Waals surface area contributed by atoms with Crippen molar-refractivity contribution in [2.75, 3.05) is 26.2 Å². The van der Waals surface area contributed by atoms with E-state index < -0.39 is 0 Å². The van der Waals surface area contributed by atoms with Gasteiger partial charge in [-0.2, -0.15) is 0 Å². The highest BCUT2D eigenvalue weighted by Crippen LogP contribution is 2.27. The van der Waals surface area contributed by atoms with Crippen LogP contribution in [0.25, 0.3) is 0 Å². The van der Waals surface area contributed by atoms with E-state index in [9.17, 15) is 0 Å². The Hall–Kier alpha value is -0.0800. The molecule has 2 atom stereocenters. The molecule has 0 spiro atoms. The van der Waals surface area contributed by atoms with Gasteiger partial charge in [-0.05, 0) is 46.1 Å². The quantitative estimate of drug-likeness (QED) is 0.654. The van der Waals surface area contributed by atoms with E-state index in [4.69, 9.17) is 0 Å². The zero-order valence-corrected chi connectivity index (χ0v) is 10.8. The van der Waals surface area contributed by atoms with Crippen LogP contribution in [0.2, 0.25) is 0 Å². The fourth-order valence-corrected chi connectivity index (χ4v) is 2.95. The molecular weight excluding hydrogens is 184 g/mol. The van der Waals surface area contributed by atoms with Crippen LogP contribution in [-0.2, 0) is 0 Å². The Balaban J connectivity index is 1.87. The molecule has 2 heteroatoms. The van der Waals surface area contributed by atoms with Crippen LogP contribution in [0.4, 0.5) is 0 Å². The molecule has 2 aliphatic rings. The Labute approximate surface area is 94.6 Å². The van der Waals surface area contributed by atoms with Crippen LogP contribution in [-0.4, -0.2) is 47.6 Å². The van der Waals surface area contributed by atoms with Gasteiger partial charge in [0.25, 0.3) is 0 Å². The van der Waals surface area contributed by atoms with E-state index in [-0.39, 0.29) is 0 Å². The third-order valence-electron chi connectivity index (χ3n) is 4.08. The predicted octanol–water partition coefficient (Wildman–Crippen LogP) is 2.20. The Morgan fingerprint density at radius 2 is 1.73 bits per heavy atom. The molecule has 2 nitrogen and oxygen atoms in total. The van der Waals surface area contributed by atoms with Gasteiger partial charge in [0.05, 0.1) is 0 Å². The molecule has 2 saturated heterocycles. The van der Waals surface area contributed by atoms with Crippen molar-refractivity contribution in [1.82, 2.24) is 9.80 Å². The molecule has 0 aromatic carbocycles. The van der Waals surface area contributed by atoms with Gasteiger partial charge >= 0.3 is 0 Å². The molecule has 0 amide bonds. The lowest BCUT2D eigenvalue weighted by atomic mass is 10.1. The molecule has 0 saturated carbocycles. The molecule has 0 unspecified atom stereocenters. The maximum absolute atomic E-state index is 2.72. The molecule has 2 aliphatic heterocycles. The maximum atomic E-state index is 2.72. The van der Waals surface area contributed by atoms with Crippen LogP contribution in [0.5, 0.6) is 0 Å². The molecular formula is C13H26N2. The van der Waals surface area contributed by atoms with Crippen LogP contribution >= 0.6 is 0 Å². The number of hydrogen-bond donors (Lipinski definition) is 0. The monoisotopic (exact) mass is 210 g/mol. The zero-order valence-electron chi connectivity index (χ0n) is 10.8. The number of hydrogen-bond acceptors (Lipinski definition) is 2. The topological polar surface area (TPSA) is 6.48 Å². The minimum atomic E-state index is 0.361. The number of rotatable bonds is 1. The molecule has 88 valence electrons. The van der Waals surface area contributed by atoms with Crippen molar-refractivity contribution in [2.24, 2.45) is 5.92 Å². The SMILES string of the molecule is C[C@H]1CCN([C@H]2CCN(C(C)(C)C)C2)C1. The van der Waals surface area contributed by atoms with Gasteiger partial charge in [-0.25, -0.2) is 0 Å². The first-order chi connectivity index (χ1) is 6.97. The van der Waals surface area contributed by atoms with Gasteiger partial charge in [0, 0.05) is 31.2 Å². The molecule has 0 radical (unpaired) electrons. The highest BCUT2D eigenvalue weighted by molar-refractivity contribution is 4.91. The summed E-state index contributed by atoms with van der Waals surface area (Å²) in [5.74, 6) is 0.925.